The summed E-state index contributed by atoms with van der Waals surface area (Å²) < 4.78 is 1.53. The molecule has 170 valence electrons. The maximum Gasteiger partial charge on any atom is 0.278 e. The molecule has 1 aromatic carbocycles. The number of para-hydroxylation sites is 1. The summed E-state index contributed by atoms with van der Waals surface area (Å²) in [6, 6.07) is 8.58. The van der Waals surface area contributed by atoms with Crippen LogP contribution in [0.1, 0.15) is 35.4 Å². The molecular formula is C23H28ClN5O3. The molecule has 0 N–H and O–H groups in total. The Bertz CT molecular complexity index is 1060. The lowest BCUT2D eigenvalue weighted by Crippen LogP contribution is -2.52. The number of piperidine rings is 1. The molecular weight excluding hydrogens is 430 g/mol. The maximum absolute atomic E-state index is 13.1. The first-order chi connectivity index (χ1) is 15.4. The van der Waals surface area contributed by atoms with Gasteiger partial charge in [-0.2, -0.15) is 5.10 Å². The SMILES string of the molecule is Cc1cc(=O)c(C(=O)N2CCN(CC(=O)N3CCCCC3)CC2)nn1-c1ccccc1Cl. The lowest BCUT2D eigenvalue weighted by Gasteiger charge is -2.35. The number of hydrogen-bond donors (Lipinski definition) is 0. The van der Waals surface area contributed by atoms with Crippen LogP contribution in [0.2, 0.25) is 5.02 Å². The van der Waals surface area contributed by atoms with Crippen molar-refractivity contribution in [3.05, 3.63) is 57.0 Å². The summed E-state index contributed by atoms with van der Waals surface area (Å²) in [4.78, 5) is 43.8. The Labute approximate surface area is 192 Å². The fourth-order valence-electron chi connectivity index (χ4n) is 4.26. The third kappa shape index (κ3) is 4.86. The molecule has 9 heteroatoms. The van der Waals surface area contributed by atoms with E-state index in [1.54, 1.807) is 24.0 Å². The zero-order valence-electron chi connectivity index (χ0n) is 18.3. The number of amides is 2. The van der Waals surface area contributed by atoms with Gasteiger partial charge in [0.1, 0.15) is 0 Å². The van der Waals surface area contributed by atoms with Crippen molar-refractivity contribution in [3.8, 4) is 5.69 Å². The molecule has 0 atom stereocenters. The van der Waals surface area contributed by atoms with Crippen molar-refractivity contribution in [2.75, 3.05) is 45.8 Å². The lowest BCUT2D eigenvalue weighted by molar-refractivity contribution is -0.133. The summed E-state index contributed by atoms with van der Waals surface area (Å²) in [6.07, 6.45) is 3.34. The molecule has 32 heavy (non-hydrogen) atoms. The van der Waals surface area contributed by atoms with Gasteiger partial charge in [0, 0.05) is 51.0 Å². The van der Waals surface area contributed by atoms with Crippen LogP contribution < -0.4 is 5.43 Å². The molecule has 0 bridgehead atoms. The second-order valence-corrected chi connectivity index (χ2v) is 8.78. The number of carbonyl (C=O) groups is 2. The van der Waals surface area contributed by atoms with E-state index in [2.05, 4.69) is 10.00 Å². The number of benzene rings is 1. The smallest absolute Gasteiger partial charge is 0.278 e. The van der Waals surface area contributed by atoms with Gasteiger partial charge in [-0.25, -0.2) is 4.68 Å². The normalized spacial score (nSPS) is 17.4. The quantitative estimate of drug-likeness (QED) is 0.701. The zero-order chi connectivity index (χ0) is 22.7. The Morgan fingerprint density at radius 3 is 2.34 bits per heavy atom. The van der Waals surface area contributed by atoms with Gasteiger partial charge in [-0.05, 0) is 38.3 Å². The van der Waals surface area contributed by atoms with Crippen molar-refractivity contribution in [2.24, 2.45) is 0 Å². The number of nitrogens with zero attached hydrogens (tertiary/aromatic N) is 5. The molecule has 0 saturated carbocycles. The highest BCUT2D eigenvalue weighted by atomic mass is 35.5. The summed E-state index contributed by atoms with van der Waals surface area (Å²) in [5, 5.41) is 4.84. The summed E-state index contributed by atoms with van der Waals surface area (Å²) in [7, 11) is 0. The topological polar surface area (TPSA) is 78.8 Å². The first-order valence-electron chi connectivity index (χ1n) is 11.1. The van der Waals surface area contributed by atoms with E-state index in [-0.39, 0.29) is 11.6 Å². The van der Waals surface area contributed by atoms with Crippen LogP contribution in [0.3, 0.4) is 0 Å². The van der Waals surface area contributed by atoms with E-state index in [0.717, 1.165) is 25.9 Å². The van der Waals surface area contributed by atoms with Crippen LogP contribution in [-0.4, -0.2) is 82.1 Å². The predicted octanol–water partition coefficient (Wildman–Crippen LogP) is 1.96. The average Bonchev–Trinajstić information content (AvgIpc) is 2.80. The number of likely N-dealkylation sites (tertiary alicyclic amines) is 1. The first kappa shape index (κ1) is 22.5. The van der Waals surface area contributed by atoms with Crippen LogP contribution in [0.5, 0.6) is 0 Å². The van der Waals surface area contributed by atoms with Gasteiger partial charge in [0.2, 0.25) is 11.3 Å². The minimum atomic E-state index is -0.404. The van der Waals surface area contributed by atoms with Crippen LogP contribution in [0.15, 0.2) is 35.1 Å². The van der Waals surface area contributed by atoms with E-state index in [1.165, 1.54) is 17.2 Å². The number of aryl methyl sites for hydroxylation is 1. The van der Waals surface area contributed by atoms with Crippen LogP contribution in [0.25, 0.3) is 5.69 Å². The van der Waals surface area contributed by atoms with Crippen LogP contribution >= 0.6 is 11.6 Å². The molecule has 2 aromatic rings. The number of halogens is 1. The highest BCUT2D eigenvalue weighted by Crippen LogP contribution is 2.20. The predicted molar refractivity (Wildman–Crippen MR) is 122 cm³/mol. The second kappa shape index (κ2) is 9.83. The third-order valence-corrected chi connectivity index (χ3v) is 6.44. The van der Waals surface area contributed by atoms with Crippen molar-refractivity contribution in [2.45, 2.75) is 26.2 Å². The molecule has 2 fully saturated rings. The van der Waals surface area contributed by atoms with E-state index in [9.17, 15) is 14.4 Å². The van der Waals surface area contributed by atoms with Gasteiger partial charge in [0.25, 0.3) is 5.91 Å². The van der Waals surface area contributed by atoms with E-state index < -0.39 is 11.3 Å². The molecule has 8 nitrogen and oxygen atoms in total. The van der Waals surface area contributed by atoms with Crippen molar-refractivity contribution in [3.63, 3.8) is 0 Å². The lowest BCUT2D eigenvalue weighted by atomic mass is 10.1. The third-order valence-electron chi connectivity index (χ3n) is 6.12. The minimum Gasteiger partial charge on any atom is -0.342 e. The standard InChI is InChI=1S/C23H28ClN5O3/c1-17-15-20(30)22(25-29(17)19-8-4-3-7-18(19)24)23(32)28-13-11-26(12-14-28)16-21(31)27-9-5-2-6-10-27/h3-4,7-8,15H,2,5-6,9-14,16H2,1H3. The highest BCUT2D eigenvalue weighted by Gasteiger charge is 2.27. The molecule has 0 spiro atoms. The molecule has 1 aromatic heterocycles. The number of carbonyl (C=O) groups excluding carboxylic acids is 2. The Hall–Kier alpha value is -2.71. The van der Waals surface area contributed by atoms with Crippen molar-refractivity contribution < 1.29 is 9.59 Å². The van der Waals surface area contributed by atoms with E-state index in [4.69, 9.17) is 11.6 Å². The van der Waals surface area contributed by atoms with Gasteiger partial charge in [0.15, 0.2) is 5.69 Å². The molecule has 0 aliphatic carbocycles. The van der Waals surface area contributed by atoms with Gasteiger partial charge in [-0.1, -0.05) is 23.7 Å². The van der Waals surface area contributed by atoms with E-state index in [1.807, 2.05) is 17.0 Å². The van der Waals surface area contributed by atoms with Gasteiger partial charge < -0.3 is 9.80 Å². The zero-order valence-corrected chi connectivity index (χ0v) is 19.1. The summed E-state index contributed by atoms with van der Waals surface area (Å²) >= 11 is 6.29. The molecule has 0 radical (unpaired) electrons. The van der Waals surface area contributed by atoms with Gasteiger partial charge in [-0.3, -0.25) is 19.3 Å². The van der Waals surface area contributed by atoms with Crippen LogP contribution in [-0.2, 0) is 4.79 Å². The Balaban J connectivity index is 1.43. The Kier molecular flexibility index (Phi) is 6.91. The maximum atomic E-state index is 13.1. The van der Waals surface area contributed by atoms with Crippen molar-refractivity contribution in [1.82, 2.24) is 24.5 Å². The molecule has 2 aliphatic heterocycles. The minimum absolute atomic E-state index is 0.117. The molecule has 2 aliphatic rings. The monoisotopic (exact) mass is 457 g/mol. The average molecular weight is 458 g/mol. The van der Waals surface area contributed by atoms with Crippen molar-refractivity contribution >= 4 is 23.4 Å². The molecule has 3 heterocycles. The Morgan fingerprint density at radius 2 is 1.66 bits per heavy atom. The summed E-state index contributed by atoms with van der Waals surface area (Å²) in [6.45, 7) is 5.91. The largest absolute Gasteiger partial charge is 0.342 e. The summed E-state index contributed by atoms with van der Waals surface area (Å²) in [5.74, 6) is -0.231. The van der Waals surface area contributed by atoms with E-state index >= 15 is 0 Å². The molecule has 2 saturated heterocycles. The van der Waals surface area contributed by atoms with Crippen LogP contribution in [0.4, 0.5) is 0 Å². The van der Waals surface area contributed by atoms with Gasteiger partial charge in [-0.15, -0.1) is 0 Å². The second-order valence-electron chi connectivity index (χ2n) is 8.37. The van der Waals surface area contributed by atoms with Crippen LogP contribution in [0, 0.1) is 6.92 Å². The Morgan fingerprint density at radius 1 is 0.969 bits per heavy atom. The van der Waals surface area contributed by atoms with Gasteiger partial charge >= 0.3 is 0 Å². The first-order valence-corrected chi connectivity index (χ1v) is 11.5. The van der Waals surface area contributed by atoms with E-state index in [0.29, 0.717) is 49.1 Å². The summed E-state index contributed by atoms with van der Waals surface area (Å²) in [5.41, 5.74) is 0.689. The number of hydrogen-bond acceptors (Lipinski definition) is 5. The molecule has 0 unspecified atom stereocenters. The van der Waals surface area contributed by atoms with Crippen molar-refractivity contribution in [1.29, 1.82) is 0 Å². The number of piperazine rings is 1. The number of rotatable bonds is 4. The highest BCUT2D eigenvalue weighted by molar-refractivity contribution is 6.32. The molecule has 4 rings (SSSR count). The molecule has 2 amide bonds. The fourth-order valence-corrected chi connectivity index (χ4v) is 4.47. The van der Waals surface area contributed by atoms with Gasteiger partial charge in [0.05, 0.1) is 17.3 Å². The fraction of sp³-hybridized carbons (Fsp3) is 0.478. The number of aromatic nitrogens is 2.